The Morgan fingerprint density at radius 3 is 2.60 bits per heavy atom. The molecule has 192 valence electrons. The molecule has 3 aliphatic rings. The van der Waals surface area contributed by atoms with Gasteiger partial charge in [0, 0.05) is 30.5 Å². The molecule has 0 aromatic carbocycles. The third-order valence-corrected chi connectivity index (χ3v) is 7.52. The molecule has 2 saturated heterocycles. The highest BCUT2D eigenvalue weighted by Crippen LogP contribution is 2.40. The zero-order valence-electron chi connectivity index (χ0n) is 20.1. The quantitative estimate of drug-likeness (QED) is 0.446. The fourth-order valence-electron chi connectivity index (χ4n) is 5.75. The summed E-state index contributed by atoms with van der Waals surface area (Å²) < 4.78 is 13.1. The predicted octanol–water partition coefficient (Wildman–Crippen LogP) is 0.317. The molecule has 0 radical (unpaired) electrons. The van der Waals surface area contributed by atoms with Crippen LogP contribution in [0.25, 0.3) is 11.0 Å². The first-order chi connectivity index (χ1) is 16.8. The Hall–Kier alpha value is -2.31. The summed E-state index contributed by atoms with van der Waals surface area (Å²) in [6.07, 6.45) is -2.63. The number of rotatable bonds is 6. The van der Waals surface area contributed by atoms with E-state index in [1.54, 1.807) is 4.68 Å². The van der Waals surface area contributed by atoms with Crippen LogP contribution in [0.3, 0.4) is 0 Å². The highest BCUT2D eigenvalue weighted by atomic mass is 16.7. The van der Waals surface area contributed by atoms with Gasteiger partial charge in [0.2, 0.25) is 12.2 Å². The lowest BCUT2D eigenvalue weighted by Crippen LogP contribution is -2.61. The van der Waals surface area contributed by atoms with Crippen molar-refractivity contribution in [3.05, 3.63) is 16.8 Å². The largest absolute Gasteiger partial charge is 0.479 e. The average Bonchev–Trinajstić information content (AvgIpc) is 3.44. The summed E-state index contributed by atoms with van der Waals surface area (Å²) in [6, 6.07) is 0. The number of fused-ring (bicyclic) bond motifs is 3. The maximum absolute atomic E-state index is 11.5. The van der Waals surface area contributed by atoms with Gasteiger partial charge >= 0.3 is 5.97 Å². The van der Waals surface area contributed by atoms with Gasteiger partial charge < -0.3 is 34.8 Å². The van der Waals surface area contributed by atoms with Gasteiger partial charge in [-0.3, -0.25) is 4.68 Å². The summed E-state index contributed by atoms with van der Waals surface area (Å²) in [7, 11) is 1.85. The lowest BCUT2D eigenvalue weighted by molar-refractivity contribution is -0.271. The van der Waals surface area contributed by atoms with Gasteiger partial charge in [0.15, 0.2) is 11.8 Å². The first-order valence-electron chi connectivity index (χ1n) is 12.5. The number of ether oxygens (including phenoxy) is 2. The number of aromatic nitrogens is 3. The van der Waals surface area contributed by atoms with Gasteiger partial charge in [-0.25, -0.2) is 4.79 Å². The maximum Gasteiger partial charge on any atom is 0.335 e. The molecule has 11 heteroatoms. The molecule has 4 N–H and O–H groups in total. The Bertz CT molecular complexity index is 1110. The number of carboxylic acid groups (broad SMARTS) is 1. The molecule has 0 amide bonds. The molecule has 0 spiro atoms. The zero-order chi connectivity index (χ0) is 24.9. The summed E-state index contributed by atoms with van der Waals surface area (Å²) in [5, 5.41) is 45.9. The molecule has 5 rings (SSSR count). The van der Waals surface area contributed by atoms with Gasteiger partial charge in [-0.05, 0) is 57.2 Å². The van der Waals surface area contributed by atoms with E-state index in [-0.39, 0.29) is 5.88 Å². The number of nitrogens with zero attached hydrogens (tertiary/aromatic N) is 4. The number of carboxylic acids is 1. The van der Waals surface area contributed by atoms with Crippen molar-refractivity contribution in [1.29, 1.82) is 0 Å². The Morgan fingerprint density at radius 2 is 1.89 bits per heavy atom. The normalized spacial score (nSPS) is 31.6. The summed E-state index contributed by atoms with van der Waals surface area (Å²) in [6.45, 7) is 5.31. The van der Waals surface area contributed by atoms with E-state index in [0.717, 1.165) is 80.4 Å². The smallest absolute Gasteiger partial charge is 0.335 e. The minimum absolute atomic E-state index is 0.248. The van der Waals surface area contributed by atoms with E-state index in [0.29, 0.717) is 11.6 Å². The third kappa shape index (κ3) is 4.29. The standard InChI is InChI=1S/C24H34N4O7/c1-3-9-28-10-8-12(11-28)16-15-13-6-4-5-7-14(13)22(25-21(15)27(2)26-16)35-24-19(31)17(29)18(30)20(34-24)23(32)33/h12,17-20,24,29-31H,3-11H2,1-2H3,(H,32,33). The fourth-order valence-corrected chi connectivity index (χ4v) is 5.75. The van der Waals surface area contributed by atoms with Gasteiger partial charge in [-0.1, -0.05) is 6.92 Å². The highest BCUT2D eigenvalue weighted by Gasteiger charge is 2.48. The topological polar surface area (TPSA) is 150 Å². The summed E-state index contributed by atoms with van der Waals surface area (Å²) >= 11 is 0. The van der Waals surface area contributed by atoms with Gasteiger partial charge in [0.25, 0.3) is 0 Å². The Balaban J connectivity index is 1.52. The van der Waals surface area contributed by atoms with Crippen LogP contribution in [-0.4, -0.2) is 96.4 Å². The molecular formula is C24H34N4O7. The van der Waals surface area contributed by atoms with Gasteiger partial charge in [0.05, 0.1) is 5.69 Å². The number of aliphatic carboxylic acids is 1. The molecule has 1 aliphatic carbocycles. The van der Waals surface area contributed by atoms with Crippen molar-refractivity contribution in [2.75, 3.05) is 19.6 Å². The van der Waals surface area contributed by atoms with Gasteiger partial charge in [-0.2, -0.15) is 10.1 Å². The van der Waals surface area contributed by atoms with E-state index < -0.39 is 36.7 Å². The molecular weight excluding hydrogens is 456 g/mol. The van der Waals surface area contributed by atoms with Crippen LogP contribution in [0.2, 0.25) is 0 Å². The van der Waals surface area contributed by atoms with E-state index >= 15 is 0 Å². The van der Waals surface area contributed by atoms with E-state index in [1.807, 2.05) is 7.05 Å². The van der Waals surface area contributed by atoms with Crippen LogP contribution >= 0.6 is 0 Å². The van der Waals surface area contributed by atoms with E-state index in [2.05, 4.69) is 11.8 Å². The van der Waals surface area contributed by atoms with Crippen molar-refractivity contribution in [3.63, 3.8) is 0 Å². The Labute approximate surface area is 203 Å². The van der Waals surface area contributed by atoms with Crippen molar-refractivity contribution >= 4 is 17.0 Å². The van der Waals surface area contributed by atoms with Crippen LogP contribution in [0.15, 0.2) is 0 Å². The van der Waals surface area contributed by atoms with Gasteiger partial charge in [-0.15, -0.1) is 0 Å². The summed E-state index contributed by atoms with van der Waals surface area (Å²) in [4.78, 5) is 18.7. The van der Waals surface area contributed by atoms with Crippen molar-refractivity contribution in [2.24, 2.45) is 7.05 Å². The van der Waals surface area contributed by atoms with Crippen molar-refractivity contribution in [3.8, 4) is 5.88 Å². The second-order valence-corrected chi connectivity index (χ2v) is 9.93. The van der Waals surface area contributed by atoms with E-state index in [1.165, 1.54) is 0 Å². The Morgan fingerprint density at radius 1 is 1.14 bits per heavy atom. The first-order valence-corrected chi connectivity index (χ1v) is 12.5. The average molecular weight is 491 g/mol. The van der Waals surface area contributed by atoms with Gasteiger partial charge in [0.1, 0.15) is 18.3 Å². The zero-order valence-corrected chi connectivity index (χ0v) is 20.1. The number of pyridine rings is 1. The van der Waals surface area contributed by atoms with Crippen LogP contribution in [0.4, 0.5) is 0 Å². The number of aliphatic hydroxyl groups is 3. The molecule has 2 aromatic heterocycles. The number of hydrogen-bond acceptors (Lipinski definition) is 9. The number of aliphatic hydroxyl groups excluding tert-OH is 3. The second-order valence-electron chi connectivity index (χ2n) is 9.93. The van der Waals surface area contributed by atoms with Crippen molar-refractivity contribution in [1.82, 2.24) is 19.7 Å². The summed E-state index contributed by atoms with van der Waals surface area (Å²) in [5.41, 5.74) is 3.78. The first kappa shape index (κ1) is 24.4. The SMILES string of the molecule is CCCN1CCC(c2nn(C)c3nc(OC4OC(C(=O)O)C(O)C(O)C4O)c4c(c23)CCCC4)C1. The molecule has 4 heterocycles. The molecule has 2 aromatic rings. The Kier molecular flexibility index (Phi) is 6.71. The number of hydrogen-bond donors (Lipinski definition) is 4. The minimum atomic E-state index is -1.77. The highest BCUT2D eigenvalue weighted by molar-refractivity contribution is 5.85. The number of carbonyl (C=O) groups is 1. The van der Waals surface area contributed by atoms with Crippen LogP contribution in [0.1, 0.15) is 55.3 Å². The van der Waals surface area contributed by atoms with Crippen LogP contribution in [-0.2, 0) is 29.4 Å². The molecule has 2 fully saturated rings. The minimum Gasteiger partial charge on any atom is -0.479 e. The lowest BCUT2D eigenvalue weighted by Gasteiger charge is -2.38. The van der Waals surface area contributed by atoms with E-state index in [4.69, 9.17) is 19.6 Å². The third-order valence-electron chi connectivity index (χ3n) is 7.52. The molecule has 2 aliphatic heterocycles. The monoisotopic (exact) mass is 490 g/mol. The second kappa shape index (κ2) is 9.62. The molecule has 0 bridgehead atoms. The predicted molar refractivity (Wildman–Crippen MR) is 124 cm³/mol. The lowest BCUT2D eigenvalue weighted by atomic mass is 9.88. The summed E-state index contributed by atoms with van der Waals surface area (Å²) in [5.74, 6) is -0.869. The van der Waals surface area contributed by atoms with Crippen molar-refractivity contribution < 1.29 is 34.7 Å². The fraction of sp³-hybridized carbons (Fsp3) is 0.708. The van der Waals surface area contributed by atoms with Crippen molar-refractivity contribution in [2.45, 2.75) is 82.1 Å². The number of likely N-dealkylation sites (tertiary alicyclic amines) is 1. The van der Waals surface area contributed by atoms with Crippen LogP contribution < -0.4 is 4.74 Å². The molecule has 6 atom stereocenters. The van der Waals surface area contributed by atoms with Crippen LogP contribution in [0, 0.1) is 0 Å². The molecule has 6 unspecified atom stereocenters. The maximum atomic E-state index is 11.5. The van der Waals surface area contributed by atoms with E-state index in [9.17, 15) is 25.2 Å². The number of aryl methyl sites for hydroxylation is 2. The molecule has 11 nitrogen and oxygen atoms in total. The molecule has 0 saturated carbocycles. The van der Waals surface area contributed by atoms with Crippen LogP contribution in [0.5, 0.6) is 5.88 Å². The molecule has 35 heavy (non-hydrogen) atoms.